The molecule has 0 aromatic heterocycles. The second kappa shape index (κ2) is 10.7. The molecule has 1 aliphatic heterocycles. The van der Waals surface area contributed by atoms with Crippen molar-refractivity contribution in [1.82, 2.24) is 4.90 Å². The minimum atomic E-state index is -2.85. The van der Waals surface area contributed by atoms with Crippen molar-refractivity contribution in [3.8, 4) is 0 Å². The van der Waals surface area contributed by atoms with Gasteiger partial charge in [-0.1, -0.05) is 87.5 Å². The summed E-state index contributed by atoms with van der Waals surface area (Å²) < 4.78 is 13.0. The molecule has 2 aromatic carbocycles. The third-order valence-corrected chi connectivity index (χ3v) is 12.0. The molecule has 2 aromatic rings. The molecule has 0 bridgehead atoms. The summed E-state index contributed by atoms with van der Waals surface area (Å²) in [6, 6.07) is 20.8. The first kappa shape index (κ1) is 27.9. The van der Waals surface area contributed by atoms with Crippen molar-refractivity contribution >= 4 is 31.1 Å². The number of rotatable bonds is 8. The predicted molar refractivity (Wildman–Crippen MR) is 148 cm³/mol. The Morgan fingerprint density at radius 3 is 1.97 bits per heavy atom. The minimum absolute atomic E-state index is 0.208. The predicted octanol–water partition coefficient (Wildman–Crippen LogP) is 5.48. The van der Waals surface area contributed by atoms with Gasteiger partial charge in [0.15, 0.2) is 0 Å². The third-order valence-electron chi connectivity index (χ3n) is 6.88. The summed E-state index contributed by atoms with van der Waals surface area (Å²) in [7, 11) is -2.85. The number of nitrogens with zero attached hydrogens (tertiary/aromatic N) is 1. The molecule has 1 saturated heterocycles. The molecule has 0 spiro atoms. The topological polar surface area (TPSA) is 55.8 Å². The number of carbonyl (C=O) groups excluding carboxylic acids is 2. The second-order valence-corrected chi connectivity index (χ2v) is 16.0. The van der Waals surface area contributed by atoms with Gasteiger partial charge in [-0.15, -0.1) is 6.58 Å². The number of hydrogen-bond acceptors (Lipinski definition) is 4. The van der Waals surface area contributed by atoms with Gasteiger partial charge in [-0.2, -0.15) is 0 Å². The van der Waals surface area contributed by atoms with Crippen LogP contribution in [-0.4, -0.2) is 49.4 Å². The van der Waals surface area contributed by atoms with Crippen molar-refractivity contribution in [3.63, 3.8) is 0 Å². The minimum Gasteiger partial charge on any atom is -0.444 e. The van der Waals surface area contributed by atoms with E-state index in [-0.39, 0.29) is 11.1 Å². The Morgan fingerprint density at radius 1 is 1.03 bits per heavy atom. The van der Waals surface area contributed by atoms with Crippen LogP contribution in [0.3, 0.4) is 0 Å². The smallest absolute Gasteiger partial charge is 0.411 e. The highest BCUT2D eigenvalue weighted by Gasteiger charge is 2.56. The normalized spacial score (nSPS) is 20.7. The van der Waals surface area contributed by atoms with Crippen LogP contribution in [0.2, 0.25) is 5.04 Å². The Hall–Kier alpha value is -2.70. The van der Waals surface area contributed by atoms with E-state index < -0.39 is 25.6 Å². The van der Waals surface area contributed by atoms with Crippen molar-refractivity contribution in [1.29, 1.82) is 0 Å². The number of allylic oxidation sites excluding steroid dienone is 1. The molecule has 1 aliphatic rings. The molecule has 0 saturated carbocycles. The van der Waals surface area contributed by atoms with Crippen molar-refractivity contribution in [2.45, 2.75) is 83.1 Å². The lowest BCUT2D eigenvalue weighted by molar-refractivity contribution is -0.117. The number of likely N-dealkylation sites (tertiary alicyclic amines) is 1. The summed E-state index contributed by atoms with van der Waals surface area (Å²) in [4.78, 5) is 27.6. The Morgan fingerprint density at radius 2 is 1.56 bits per heavy atom. The van der Waals surface area contributed by atoms with Crippen LogP contribution in [0.4, 0.5) is 4.79 Å². The van der Waals surface area contributed by atoms with E-state index in [9.17, 15) is 9.59 Å². The fourth-order valence-electron chi connectivity index (χ4n) is 5.31. The Balaban J connectivity index is 2.10. The Bertz CT molecular complexity index is 1000. The molecular weight excluding hydrogens is 466 g/mol. The fraction of sp³-hybridized carbons (Fsp3) is 0.467. The van der Waals surface area contributed by atoms with E-state index in [1.807, 2.05) is 32.9 Å². The lowest BCUT2D eigenvalue weighted by atomic mass is 9.91. The van der Waals surface area contributed by atoms with Crippen molar-refractivity contribution in [2.24, 2.45) is 0 Å². The quantitative estimate of drug-likeness (QED) is 0.270. The van der Waals surface area contributed by atoms with Crippen LogP contribution in [0.1, 0.15) is 60.8 Å². The zero-order chi connectivity index (χ0) is 26.6. The summed E-state index contributed by atoms with van der Waals surface area (Å²) in [5.74, 6) is 0. The monoisotopic (exact) mass is 507 g/mol. The van der Waals surface area contributed by atoms with Crippen LogP contribution in [0.5, 0.6) is 0 Å². The molecule has 6 heteroatoms. The van der Waals surface area contributed by atoms with E-state index in [0.717, 1.165) is 6.29 Å². The van der Waals surface area contributed by atoms with Crippen molar-refractivity contribution < 1.29 is 18.8 Å². The number of ether oxygens (including phenoxy) is 1. The van der Waals surface area contributed by atoms with Gasteiger partial charge in [0.25, 0.3) is 8.32 Å². The first-order valence-electron chi connectivity index (χ1n) is 12.8. The molecule has 2 atom stereocenters. The largest absolute Gasteiger partial charge is 0.444 e. The molecular formula is C30H41NO4Si. The molecule has 194 valence electrons. The van der Waals surface area contributed by atoms with E-state index in [4.69, 9.17) is 9.16 Å². The summed E-state index contributed by atoms with van der Waals surface area (Å²) in [6.07, 6.45) is 3.42. The van der Waals surface area contributed by atoms with E-state index in [2.05, 4.69) is 75.9 Å². The fourth-order valence-corrected chi connectivity index (χ4v) is 9.98. The zero-order valence-corrected chi connectivity index (χ0v) is 23.6. The van der Waals surface area contributed by atoms with Gasteiger partial charge < -0.3 is 14.0 Å². The van der Waals surface area contributed by atoms with Gasteiger partial charge in [-0.05, 0) is 49.0 Å². The maximum absolute atomic E-state index is 13.3. The molecule has 1 fully saturated rings. The van der Waals surface area contributed by atoms with Gasteiger partial charge in [0, 0.05) is 6.42 Å². The van der Waals surface area contributed by atoms with Gasteiger partial charge in [0.2, 0.25) is 0 Å². The standard InChI is InChI=1S/C30H41NO4Si/c1-8-9-20-30(23-32)21-24(22-31(30)27(33)34-28(2,3)4)35-36(29(5,6)7,25-16-12-10-13-17-25)26-18-14-11-15-19-26/h8,10-19,23-24H,1,9,20-22H2,2-7H3/t24-,30+/m1/s1. The van der Waals surface area contributed by atoms with Crippen LogP contribution in [0.15, 0.2) is 73.3 Å². The third kappa shape index (κ3) is 5.65. The molecule has 5 nitrogen and oxygen atoms in total. The zero-order valence-electron chi connectivity index (χ0n) is 22.6. The summed E-state index contributed by atoms with van der Waals surface area (Å²) in [6.45, 7) is 16.3. The van der Waals surface area contributed by atoms with Crippen LogP contribution in [-0.2, 0) is 14.0 Å². The number of amides is 1. The SMILES string of the molecule is C=CCC[C@@]1(C=O)C[C@@H](O[Si](c2ccccc2)(c2ccccc2)C(C)(C)C)CN1C(=O)OC(C)(C)C. The summed E-state index contributed by atoms with van der Waals surface area (Å²) in [5, 5.41) is 2.13. The first-order chi connectivity index (χ1) is 16.9. The van der Waals surface area contributed by atoms with E-state index in [0.29, 0.717) is 25.8 Å². The highest BCUT2D eigenvalue weighted by Crippen LogP contribution is 2.42. The highest BCUT2D eigenvalue weighted by atomic mass is 28.4. The Labute approximate surface area is 217 Å². The molecule has 0 unspecified atom stereocenters. The maximum atomic E-state index is 13.3. The molecule has 3 rings (SSSR count). The molecule has 0 N–H and O–H groups in total. The van der Waals surface area contributed by atoms with Crippen LogP contribution >= 0.6 is 0 Å². The first-order valence-corrected chi connectivity index (χ1v) is 14.7. The average molecular weight is 508 g/mol. The maximum Gasteiger partial charge on any atom is 0.411 e. The molecule has 1 heterocycles. The second-order valence-electron chi connectivity index (χ2n) is 11.7. The number of carbonyl (C=O) groups is 2. The van der Waals surface area contributed by atoms with Gasteiger partial charge >= 0.3 is 6.09 Å². The highest BCUT2D eigenvalue weighted by molar-refractivity contribution is 6.99. The van der Waals surface area contributed by atoms with Crippen LogP contribution in [0, 0.1) is 0 Å². The van der Waals surface area contributed by atoms with Crippen molar-refractivity contribution in [3.05, 3.63) is 73.3 Å². The number of hydrogen-bond donors (Lipinski definition) is 0. The summed E-state index contributed by atoms with van der Waals surface area (Å²) >= 11 is 0. The number of benzene rings is 2. The van der Waals surface area contributed by atoms with Gasteiger partial charge in [0.1, 0.15) is 17.4 Å². The lowest BCUT2D eigenvalue weighted by Crippen LogP contribution is -2.67. The molecule has 1 amide bonds. The van der Waals surface area contributed by atoms with E-state index >= 15 is 0 Å². The van der Waals surface area contributed by atoms with Crippen molar-refractivity contribution in [2.75, 3.05) is 6.54 Å². The van der Waals surface area contributed by atoms with Crippen LogP contribution in [0.25, 0.3) is 0 Å². The average Bonchev–Trinajstić information content (AvgIpc) is 3.19. The van der Waals surface area contributed by atoms with Gasteiger partial charge in [-0.3, -0.25) is 4.90 Å². The summed E-state index contributed by atoms with van der Waals surface area (Å²) in [5.41, 5.74) is -1.66. The van der Waals surface area contributed by atoms with E-state index in [1.165, 1.54) is 10.4 Å². The Kier molecular flexibility index (Phi) is 8.31. The molecule has 0 radical (unpaired) electrons. The molecule has 36 heavy (non-hydrogen) atoms. The van der Waals surface area contributed by atoms with Gasteiger partial charge in [0.05, 0.1) is 12.6 Å². The lowest BCUT2D eigenvalue weighted by Gasteiger charge is -2.44. The molecule has 0 aliphatic carbocycles. The number of aldehydes is 1. The van der Waals surface area contributed by atoms with Gasteiger partial charge in [-0.25, -0.2) is 4.79 Å². The van der Waals surface area contributed by atoms with E-state index in [1.54, 1.807) is 11.0 Å². The van der Waals surface area contributed by atoms with Crippen LogP contribution < -0.4 is 10.4 Å².